The SMILES string of the molecule is CCCNC(=O)c1cc(S(=O)(=O)N(C)Cc2ccccc2)ccc1Cl. The highest BCUT2D eigenvalue weighted by molar-refractivity contribution is 7.89. The van der Waals surface area contributed by atoms with E-state index >= 15 is 0 Å². The Kier molecular flexibility index (Phi) is 6.58. The Morgan fingerprint density at radius 3 is 2.48 bits per heavy atom. The maximum Gasteiger partial charge on any atom is 0.252 e. The van der Waals surface area contributed by atoms with Gasteiger partial charge in [-0.05, 0) is 30.2 Å². The Hall–Kier alpha value is -1.89. The smallest absolute Gasteiger partial charge is 0.252 e. The van der Waals surface area contributed by atoms with Crippen LogP contribution in [0.25, 0.3) is 0 Å². The van der Waals surface area contributed by atoms with E-state index in [0.29, 0.717) is 6.54 Å². The molecular weight excluding hydrogens is 360 g/mol. The fourth-order valence-electron chi connectivity index (χ4n) is 2.28. The third kappa shape index (κ3) is 4.81. The minimum atomic E-state index is -3.74. The fourth-order valence-corrected chi connectivity index (χ4v) is 3.67. The number of hydrogen-bond acceptors (Lipinski definition) is 3. The highest BCUT2D eigenvalue weighted by Gasteiger charge is 2.23. The van der Waals surface area contributed by atoms with Crippen molar-refractivity contribution in [3.8, 4) is 0 Å². The summed E-state index contributed by atoms with van der Waals surface area (Å²) in [5.41, 5.74) is 1.03. The predicted octanol–water partition coefficient (Wildman–Crippen LogP) is 3.30. The van der Waals surface area contributed by atoms with Crippen LogP contribution in [0, 0.1) is 0 Å². The number of carbonyl (C=O) groups excluding carboxylic acids is 1. The summed E-state index contributed by atoms with van der Waals surface area (Å²) in [6.45, 7) is 2.67. The molecular formula is C18H21ClN2O3S. The number of nitrogens with zero attached hydrogens (tertiary/aromatic N) is 1. The molecule has 2 aromatic carbocycles. The van der Waals surface area contributed by atoms with E-state index in [1.165, 1.54) is 29.6 Å². The molecule has 0 saturated heterocycles. The topological polar surface area (TPSA) is 66.5 Å². The lowest BCUT2D eigenvalue weighted by molar-refractivity contribution is 0.0953. The monoisotopic (exact) mass is 380 g/mol. The molecule has 0 radical (unpaired) electrons. The van der Waals surface area contributed by atoms with Crippen LogP contribution in [-0.4, -0.2) is 32.2 Å². The summed E-state index contributed by atoms with van der Waals surface area (Å²) in [4.78, 5) is 12.2. The van der Waals surface area contributed by atoms with E-state index in [9.17, 15) is 13.2 Å². The summed E-state index contributed by atoms with van der Waals surface area (Å²) < 4.78 is 26.8. The van der Waals surface area contributed by atoms with E-state index in [4.69, 9.17) is 11.6 Å². The number of benzene rings is 2. The molecule has 0 unspecified atom stereocenters. The molecule has 0 saturated carbocycles. The number of halogens is 1. The molecule has 0 aliphatic heterocycles. The van der Waals surface area contributed by atoms with Crippen LogP contribution >= 0.6 is 11.6 Å². The highest BCUT2D eigenvalue weighted by atomic mass is 35.5. The standard InChI is InChI=1S/C18H21ClN2O3S/c1-3-11-20-18(22)16-12-15(9-10-17(16)19)25(23,24)21(2)13-14-7-5-4-6-8-14/h4-10,12H,3,11,13H2,1-2H3,(H,20,22). The lowest BCUT2D eigenvalue weighted by Gasteiger charge is -2.18. The van der Waals surface area contributed by atoms with Crippen molar-refractivity contribution in [3.63, 3.8) is 0 Å². The van der Waals surface area contributed by atoms with Gasteiger partial charge in [0.25, 0.3) is 5.91 Å². The van der Waals surface area contributed by atoms with Gasteiger partial charge in [0.05, 0.1) is 15.5 Å². The fraction of sp³-hybridized carbons (Fsp3) is 0.278. The van der Waals surface area contributed by atoms with Crippen LogP contribution in [-0.2, 0) is 16.6 Å². The summed E-state index contributed by atoms with van der Waals surface area (Å²) >= 11 is 6.06. The summed E-state index contributed by atoms with van der Waals surface area (Å²) in [6, 6.07) is 13.5. The first-order valence-corrected chi connectivity index (χ1v) is 9.76. The molecule has 0 spiro atoms. The molecule has 0 aromatic heterocycles. The Morgan fingerprint density at radius 1 is 1.16 bits per heavy atom. The van der Waals surface area contributed by atoms with Crippen LogP contribution in [0.2, 0.25) is 5.02 Å². The van der Waals surface area contributed by atoms with E-state index in [1.807, 2.05) is 37.3 Å². The maximum atomic E-state index is 12.8. The molecule has 5 nitrogen and oxygen atoms in total. The molecule has 1 N–H and O–H groups in total. The van der Waals surface area contributed by atoms with Gasteiger partial charge in [0, 0.05) is 20.1 Å². The summed E-state index contributed by atoms with van der Waals surface area (Å²) in [7, 11) is -2.23. The van der Waals surface area contributed by atoms with Gasteiger partial charge in [-0.1, -0.05) is 48.9 Å². The van der Waals surface area contributed by atoms with Gasteiger partial charge in [-0.3, -0.25) is 4.79 Å². The van der Waals surface area contributed by atoms with E-state index in [1.54, 1.807) is 0 Å². The van der Waals surface area contributed by atoms with Crippen molar-refractivity contribution in [2.24, 2.45) is 0 Å². The zero-order valence-electron chi connectivity index (χ0n) is 14.2. The van der Waals surface area contributed by atoms with Crippen molar-refractivity contribution in [3.05, 3.63) is 64.7 Å². The molecule has 0 atom stereocenters. The number of carbonyl (C=O) groups is 1. The Morgan fingerprint density at radius 2 is 1.84 bits per heavy atom. The Bertz CT molecular complexity index is 839. The van der Waals surface area contributed by atoms with Gasteiger partial charge in [-0.15, -0.1) is 0 Å². The molecule has 0 aliphatic carbocycles. The third-order valence-corrected chi connectivity index (χ3v) is 5.80. The van der Waals surface area contributed by atoms with Crippen molar-refractivity contribution in [2.45, 2.75) is 24.8 Å². The summed E-state index contributed by atoms with van der Waals surface area (Å²) in [5.74, 6) is -0.380. The lowest BCUT2D eigenvalue weighted by Crippen LogP contribution is -2.28. The van der Waals surface area contributed by atoms with E-state index in [-0.39, 0.29) is 27.9 Å². The molecule has 0 aliphatic rings. The molecule has 1 amide bonds. The zero-order chi connectivity index (χ0) is 18.4. The minimum Gasteiger partial charge on any atom is -0.352 e. The number of rotatable bonds is 7. The van der Waals surface area contributed by atoms with Gasteiger partial charge >= 0.3 is 0 Å². The number of sulfonamides is 1. The largest absolute Gasteiger partial charge is 0.352 e. The van der Waals surface area contributed by atoms with Crippen molar-refractivity contribution in [1.29, 1.82) is 0 Å². The Balaban J connectivity index is 2.28. The van der Waals surface area contributed by atoms with Crippen LogP contribution < -0.4 is 5.32 Å². The molecule has 0 fully saturated rings. The summed E-state index contributed by atoms with van der Waals surface area (Å²) in [6.07, 6.45) is 0.779. The molecule has 2 rings (SSSR count). The predicted molar refractivity (Wildman–Crippen MR) is 99.2 cm³/mol. The molecule has 25 heavy (non-hydrogen) atoms. The molecule has 0 heterocycles. The van der Waals surface area contributed by atoms with Crippen molar-refractivity contribution < 1.29 is 13.2 Å². The van der Waals surface area contributed by atoms with Gasteiger partial charge in [-0.25, -0.2) is 8.42 Å². The number of nitrogens with one attached hydrogen (secondary N) is 1. The molecule has 2 aromatic rings. The quantitative estimate of drug-likeness (QED) is 0.801. The lowest BCUT2D eigenvalue weighted by atomic mass is 10.2. The van der Waals surface area contributed by atoms with Crippen molar-refractivity contribution >= 4 is 27.5 Å². The average Bonchev–Trinajstić information content (AvgIpc) is 2.60. The first kappa shape index (κ1) is 19.4. The van der Waals surface area contributed by atoms with Crippen LogP contribution in [0.15, 0.2) is 53.4 Å². The molecule has 134 valence electrons. The minimum absolute atomic E-state index is 0.0389. The maximum absolute atomic E-state index is 12.8. The molecule has 7 heteroatoms. The second-order valence-corrected chi connectivity index (χ2v) is 8.10. The van der Waals surface area contributed by atoms with Crippen LogP contribution in [0.5, 0.6) is 0 Å². The van der Waals surface area contributed by atoms with Crippen molar-refractivity contribution in [1.82, 2.24) is 9.62 Å². The van der Waals surface area contributed by atoms with Gasteiger partial charge in [0.2, 0.25) is 10.0 Å². The van der Waals surface area contributed by atoms with Crippen molar-refractivity contribution in [2.75, 3.05) is 13.6 Å². The second-order valence-electron chi connectivity index (χ2n) is 5.64. The van der Waals surface area contributed by atoms with Gasteiger partial charge in [-0.2, -0.15) is 4.31 Å². The van der Waals surface area contributed by atoms with Gasteiger partial charge < -0.3 is 5.32 Å². The Labute approximate surface area is 153 Å². The van der Waals surface area contributed by atoms with Gasteiger partial charge in [0.15, 0.2) is 0 Å². The van der Waals surface area contributed by atoms with Crippen LogP contribution in [0.4, 0.5) is 0 Å². The highest BCUT2D eigenvalue weighted by Crippen LogP contribution is 2.23. The molecule has 0 bridgehead atoms. The first-order chi connectivity index (χ1) is 11.9. The van der Waals surface area contributed by atoms with Crippen LogP contribution in [0.3, 0.4) is 0 Å². The van der Waals surface area contributed by atoms with Gasteiger partial charge in [0.1, 0.15) is 0 Å². The summed E-state index contributed by atoms with van der Waals surface area (Å²) in [5, 5.41) is 2.93. The van der Waals surface area contributed by atoms with E-state index in [2.05, 4.69) is 5.32 Å². The third-order valence-electron chi connectivity index (χ3n) is 3.67. The van der Waals surface area contributed by atoms with E-state index in [0.717, 1.165) is 12.0 Å². The number of hydrogen-bond donors (Lipinski definition) is 1. The zero-order valence-corrected chi connectivity index (χ0v) is 15.8. The van der Waals surface area contributed by atoms with Crippen LogP contribution in [0.1, 0.15) is 29.3 Å². The van der Waals surface area contributed by atoms with E-state index < -0.39 is 10.0 Å². The first-order valence-electron chi connectivity index (χ1n) is 7.94. The average molecular weight is 381 g/mol. The number of amides is 1. The second kappa shape index (κ2) is 8.47. The normalized spacial score (nSPS) is 11.5.